The van der Waals surface area contributed by atoms with E-state index >= 15 is 0 Å². The van der Waals surface area contributed by atoms with Crippen molar-refractivity contribution in [2.24, 2.45) is 5.92 Å². The Balaban J connectivity index is 1.32. The summed E-state index contributed by atoms with van der Waals surface area (Å²) in [4.78, 5) is 40.6. The third-order valence-corrected chi connectivity index (χ3v) is 5.50. The number of nitrogens with zero attached hydrogens (tertiary/aromatic N) is 2. The Labute approximate surface area is 160 Å². The molecule has 2 fully saturated rings. The Morgan fingerprint density at radius 3 is 2.26 bits per heavy atom. The maximum absolute atomic E-state index is 12.5. The van der Waals surface area contributed by atoms with Crippen LogP contribution in [0.2, 0.25) is 0 Å². The first-order valence-electron chi connectivity index (χ1n) is 10.0. The molecule has 0 spiro atoms. The maximum Gasteiger partial charge on any atom is 0.251 e. The van der Waals surface area contributed by atoms with Crippen LogP contribution in [0, 0.1) is 5.92 Å². The molecule has 1 N–H and O–H groups in total. The third kappa shape index (κ3) is 5.31. The van der Waals surface area contributed by atoms with Gasteiger partial charge >= 0.3 is 0 Å². The van der Waals surface area contributed by atoms with E-state index in [-0.39, 0.29) is 23.6 Å². The molecule has 6 nitrogen and oxygen atoms in total. The fourth-order valence-corrected chi connectivity index (χ4v) is 3.86. The minimum Gasteiger partial charge on any atom is -0.352 e. The Morgan fingerprint density at radius 1 is 0.926 bits per heavy atom. The van der Waals surface area contributed by atoms with Gasteiger partial charge in [0.15, 0.2) is 0 Å². The number of nitrogens with one attached hydrogen (secondary N) is 1. The van der Waals surface area contributed by atoms with Crippen molar-refractivity contribution < 1.29 is 14.4 Å². The maximum atomic E-state index is 12.5. The van der Waals surface area contributed by atoms with Crippen molar-refractivity contribution in [1.29, 1.82) is 0 Å². The van der Waals surface area contributed by atoms with Crippen molar-refractivity contribution in [2.45, 2.75) is 38.5 Å². The van der Waals surface area contributed by atoms with Gasteiger partial charge in [0.25, 0.3) is 5.91 Å². The summed E-state index contributed by atoms with van der Waals surface area (Å²) in [6, 6.07) is 9.08. The van der Waals surface area contributed by atoms with Crippen molar-refractivity contribution >= 4 is 17.7 Å². The van der Waals surface area contributed by atoms with Crippen LogP contribution in [-0.2, 0) is 9.59 Å². The van der Waals surface area contributed by atoms with Crippen LogP contribution in [0.1, 0.15) is 48.9 Å². The summed E-state index contributed by atoms with van der Waals surface area (Å²) in [6.45, 7) is 3.61. The van der Waals surface area contributed by atoms with Gasteiger partial charge in [-0.3, -0.25) is 14.4 Å². The minimum atomic E-state index is -0.107. The van der Waals surface area contributed by atoms with Crippen LogP contribution in [0.3, 0.4) is 0 Å². The van der Waals surface area contributed by atoms with E-state index in [2.05, 4.69) is 5.32 Å². The van der Waals surface area contributed by atoms with Gasteiger partial charge in [-0.2, -0.15) is 0 Å². The molecule has 0 unspecified atom stereocenters. The monoisotopic (exact) mass is 371 g/mol. The predicted molar refractivity (Wildman–Crippen MR) is 103 cm³/mol. The highest BCUT2D eigenvalue weighted by atomic mass is 16.2. The Kier molecular flexibility index (Phi) is 6.85. The highest BCUT2D eigenvalue weighted by molar-refractivity contribution is 5.94. The smallest absolute Gasteiger partial charge is 0.251 e. The lowest BCUT2D eigenvalue weighted by atomic mass is 9.95. The van der Waals surface area contributed by atoms with Gasteiger partial charge < -0.3 is 15.1 Å². The molecule has 0 bridgehead atoms. The van der Waals surface area contributed by atoms with Crippen LogP contribution < -0.4 is 5.32 Å². The molecule has 2 heterocycles. The van der Waals surface area contributed by atoms with Crippen LogP contribution >= 0.6 is 0 Å². The zero-order chi connectivity index (χ0) is 19.1. The van der Waals surface area contributed by atoms with E-state index in [1.54, 1.807) is 12.1 Å². The Hall–Kier alpha value is -2.37. The van der Waals surface area contributed by atoms with Crippen LogP contribution in [0.25, 0.3) is 0 Å². The van der Waals surface area contributed by atoms with E-state index < -0.39 is 0 Å². The number of piperidine rings is 1. The molecule has 3 amide bonds. The summed E-state index contributed by atoms with van der Waals surface area (Å²) in [5.74, 6) is 0.376. The summed E-state index contributed by atoms with van der Waals surface area (Å²) in [7, 11) is 0. The first kappa shape index (κ1) is 19.4. The first-order chi connectivity index (χ1) is 13.1. The van der Waals surface area contributed by atoms with Gasteiger partial charge in [-0.1, -0.05) is 18.2 Å². The number of benzene rings is 1. The normalized spacial score (nSPS) is 17.8. The van der Waals surface area contributed by atoms with Gasteiger partial charge in [0.2, 0.25) is 11.8 Å². The van der Waals surface area contributed by atoms with Crippen LogP contribution in [0.15, 0.2) is 30.3 Å². The topological polar surface area (TPSA) is 69.7 Å². The lowest BCUT2D eigenvalue weighted by molar-refractivity contribution is -0.140. The SMILES string of the molecule is O=C(NCCCC(=O)N1CCC(C(=O)N2CCCC2)CC1)c1ccccc1. The van der Waals surface area contributed by atoms with Crippen LogP contribution in [-0.4, -0.2) is 60.2 Å². The largest absolute Gasteiger partial charge is 0.352 e. The predicted octanol–water partition coefficient (Wildman–Crippen LogP) is 2.06. The lowest BCUT2D eigenvalue weighted by Crippen LogP contribution is -2.43. The van der Waals surface area contributed by atoms with E-state index in [1.807, 2.05) is 28.0 Å². The van der Waals surface area contributed by atoms with Crippen LogP contribution in [0.4, 0.5) is 0 Å². The second-order valence-corrected chi connectivity index (χ2v) is 7.41. The van der Waals surface area contributed by atoms with Crippen molar-refractivity contribution in [3.63, 3.8) is 0 Å². The first-order valence-corrected chi connectivity index (χ1v) is 10.0. The number of hydrogen-bond acceptors (Lipinski definition) is 3. The molecule has 1 aromatic rings. The Morgan fingerprint density at radius 2 is 1.59 bits per heavy atom. The second-order valence-electron chi connectivity index (χ2n) is 7.41. The number of amides is 3. The van der Waals surface area contributed by atoms with E-state index in [1.165, 1.54) is 0 Å². The molecule has 2 aliphatic heterocycles. The fraction of sp³-hybridized carbons (Fsp3) is 0.571. The lowest BCUT2D eigenvalue weighted by Gasteiger charge is -2.33. The van der Waals surface area contributed by atoms with Crippen molar-refractivity contribution in [1.82, 2.24) is 15.1 Å². The van der Waals surface area contributed by atoms with Crippen molar-refractivity contribution in [2.75, 3.05) is 32.7 Å². The molecule has 0 aliphatic carbocycles. The molecule has 1 aromatic carbocycles. The summed E-state index contributed by atoms with van der Waals surface area (Å²) in [5, 5.41) is 2.85. The number of likely N-dealkylation sites (tertiary alicyclic amines) is 2. The minimum absolute atomic E-state index is 0.0808. The number of hydrogen-bond donors (Lipinski definition) is 1. The summed E-state index contributed by atoms with van der Waals surface area (Å²) in [6.07, 6.45) is 4.83. The van der Waals surface area contributed by atoms with Gasteiger partial charge in [0, 0.05) is 50.6 Å². The van der Waals surface area contributed by atoms with Gasteiger partial charge in [-0.05, 0) is 44.2 Å². The highest BCUT2D eigenvalue weighted by Gasteiger charge is 2.30. The average Bonchev–Trinajstić information content (AvgIpc) is 3.26. The standard InChI is InChI=1S/C21H29N3O3/c25-19(9-6-12-22-20(26)17-7-2-1-3-8-17)23-15-10-18(11-16-23)21(27)24-13-4-5-14-24/h1-3,7-8,18H,4-6,9-16H2,(H,22,26). The Bertz CT molecular complexity index is 648. The average molecular weight is 371 g/mol. The molecule has 6 heteroatoms. The molecule has 0 aromatic heterocycles. The molecule has 0 saturated carbocycles. The quantitative estimate of drug-likeness (QED) is 0.778. The molecular formula is C21H29N3O3. The van der Waals surface area contributed by atoms with E-state index in [0.29, 0.717) is 38.0 Å². The van der Waals surface area contributed by atoms with Crippen LogP contribution in [0.5, 0.6) is 0 Å². The summed E-state index contributed by atoms with van der Waals surface area (Å²) < 4.78 is 0. The van der Waals surface area contributed by atoms with Gasteiger partial charge in [-0.15, -0.1) is 0 Å². The van der Waals surface area contributed by atoms with E-state index in [4.69, 9.17) is 0 Å². The summed E-state index contributed by atoms with van der Waals surface area (Å²) in [5.41, 5.74) is 0.633. The van der Waals surface area contributed by atoms with Gasteiger partial charge in [-0.25, -0.2) is 0 Å². The number of carbonyl (C=O) groups is 3. The fourth-order valence-electron chi connectivity index (χ4n) is 3.86. The molecular weight excluding hydrogens is 342 g/mol. The van der Waals surface area contributed by atoms with Gasteiger partial charge in [0.05, 0.1) is 0 Å². The molecule has 3 rings (SSSR count). The second kappa shape index (κ2) is 9.53. The zero-order valence-electron chi connectivity index (χ0n) is 15.9. The zero-order valence-corrected chi connectivity index (χ0v) is 15.9. The third-order valence-electron chi connectivity index (χ3n) is 5.50. The molecule has 2 aliphatic rings. The number of rotatable bonds is 6. The molecule has 0 radical (unpaired) electrons. The van der Waals surface area contributed by atoms with Crippen molar-refractivity contribution in [3.8, 4) is 0 Å². The molecule has 146 valence electrons. The number of carbonyl (C=O) groups excluding carboxylic acids is 3. The van der Waals surface area contributed by atoms with E-state index in [9.17, 15) is 14.4 Å². The van der Waals surface area contributed by atoms with Crippen molar-refractivity contribution in [3.05, 3.63) is 35.9 Å². The molecule has 27 heavy (non-hydrogen) atoms. The van der Waals surface area contributed by atoms with Gasteiger partial charge in [0.1, 0.15) is 0 Å². The molecule has 2 saturated heterocycles. The highest BCUT2D eigenvalue weighted by Crippen LogP contribution is 2.22. The summed E-state index contributed by atoms with van der Waals surface area (Å²) >= 11 is 0. The van der Waals surface area contributed by atoms with E-state index in [0.717, 1.165) is 38.8 Å². The molecule has 0 atom stereocenters.